The zero-order chi connectivity index (χ0) is 9.80. The fraction of sp³-hybridized carbons (Fsp3) is 1.00. The van der Waals surface area contributed by atoms with Crippen molar-refractivity contribution >= 4 is 0 Å². The minimum Gasteiger partial charge on any atom is -0.393 e. The predicted molar refractivity (Wildman–Crippen MR) is 57.3 cm³/mol. The van der Waals surface area contributed by atoms with Crippen LogP contribution in [0.15, 0.2) is 0 Å². The van der Waals surface area contributed by atoms with Gasteiger partial charge in [0.05, 0.1) is 6.10 Å². The molecule has 0 aromatic carbocycles. The molecule has 1 heterocycles. The van der Waals surface area contributed by atoms with E-state index in [0.717, 1.165) is 19.4 Å². The summed E-state index contributed by atoms with van der Waals surface area (Å²) in [7, 11) is 0. The van der Waals surface area contributed by atoms with E-state index in [0.29, 0.717) is 12.1 Å². The van der Waals surface area contributed by atoms with Gasteiger partial charge < -0.3 is 15.7 Å². The van der Waals surface area contributed by atoms with Crippen LogP contribution in [0, 0.1) is 0 Å². The van der Waals surface area contributed by atoms with Crippen molar-refractivity contribution in [2.45, 2.75) is 56.7 Å². The average molecular weight is 198 g/mol. The molecule has 3 N–H and O–H groups in total. The van der Waals surface area contributed by atoms with Crippen LogP contribution in [0.3, 0.4) is 0 Å². The molecule has 1 saturated heterocycles. The summed E-state index contributed by atoms with van der Waals surface area (Å²) in [6.07, 6.45) is 6.90. The predicted octanol–water partition coefficient (Wildman–Crippen LogP) is 0.632. The summed E-state index contributed by atoms with van der Waals surface area (Å²) in [4.78, 5) is 0. The van der Waals surface area contributed by atoms with Crippen LogP contribution >= 0.6 is 0 Å². The molecule has 0 spiro atoms. The molecule has 1 aliphatic carbocycles. The van der Waals surface area contributed by atoms with Crippen molar-refractivity contribution in [1.29, 1.82) is 0 Å². The first-order chi connectivity index (χ1) is 6.84. The Bertz CT molecular complexity index is 169. The van der Waals surface area contributed by atoms with E-state index >= 15 is 0 Å². The summed E-state index contributed by atoms with van der Waals surface area (Å²) >= 11 is 0. The fourth-order valence-electron chi connectivity index (χ4n) is 2.64. The Morgan fingerprint density at radius 1 is 1.07 bits per heavy atom. The lowest BCUT2D eigenvalue weighted by atomic mass is 9.92. The summed E-state index contributed by atoms with van der Waals surface area (Å²) in [6, 6.07) is 1.20. The van der Waals surface area contributed by atoms with Crippen LogP contribution in [0.4, 0.5) is 0 Å². The molecule has 82 valence electrons. The van der Waals surface area contributed by atoms with Gasteiger partial charge in [-0.3, -0.25) is 0 Å². The van der Waals surface area contributed by atoms with Gasteiger partial charge in [0, 0.05) is 18.6 Å². The van der Waals surface area contributed by atoms with Crippen LogP contribution in [0.5, 0.6) is 0 Å². The van der Waals surface area contributed by atoms with Gasteiger partial charge in [-0.25, -0.2) is 0 Å². The van der Waals surface area contributed by atoms with Gasteiger partial charge in [-0.15, -0.1) is 0 Å². The first kappa shape index (κ1) is 10.4. The third-order valence-corrected chi connectivity index (χ3v) is 3.41. The van der Waals surface area contributed by atoms with Crippen molar-refractivity contribution in [2.24, 2.45) is 0 Å². The third kappa shape index (κ3) is 2.94. The highest BCUT2D eigenvalue weighted by molar-refractivity contribution is 4.83. The summed E-state index contributed by atoms with van der Waals surface area (Å²) < 4.78 is 0. The second kappa shape index (κ2) is 5.10. The SMILES string of the molecule is OC1CCCC(NC2CCCNC2)C1. The molecule has 0 aromatic rings. The van der Waals surface area contributed by atoms with Crippen LogP contribution in [0.2, 0.25) is 0 Å². The van der Waals surface area contributed by atoms with E-state index < -0.39 is 0 Å². The molecule has 3 heteroatoms. The quantitative estimate of drug-likeness (QED) is 0.610. The lowest BCUT2D eigenvalue weighted by Crippen LogP contribution is -2.49. The van der Waals surface area contributed by atoms with E-state index in [-0.39, 0.29) is 6.10 Å². The number of nitrogens with one attached hydrogen (secondary N) is 2. The Morgan fingerprint density at radius 2 is 1.93 bits per heavy atom. The minimum atomic E-state index is -0.0576. The van der Waals surface area contributed by atoms with Crippen LogP contribution in [0.1, 0.15) is 38.5 Å². The van der Waals surface area contributed by atoms with E-state index in [1.165, 1.54) is 32.2 Å². The Balaban J connectivity index is 1.72. The Hall–Kier alpha value is -0.120. The number of hydrogen-bond donors (Lipinski definition) is 3. The van der Waals surface area contributed by atoms with Gasteiger partial charge >= 0.3 is 0 Å². The number of hydrogen-bond acceptors (Lipinski definition) is 3. The molecule has 3 atom stereocenters. The first-order valence-electron chi connectivity index (χ1n) is 5.99. The minimum absolute atomic E-state index is 0.0576. The van der Waals surface area contributed by atoms with E-state index in [2.05, 4.69) is 10.6 Å². The van der Waals surface area contributed by atoms with Crippen LogP contribution in [-0.2, 0) is 0 Å². The summed E-state index contributed by atoms with van der Waals surface area (Å²) in [5.74, 6) is 0. The second-order valence-corrected chi connectivity index (χ2v) is 4.73. The highest BCUT2D eigenvalue weighted by Crippen LogP contribution is 2.19. The molecule has 0 radical (unpaired) electrons. The highest BCUT2D eigenvalue weighted by Gasteiger charge is 2.23. The fourth-order valence-corrected chi connectivity index (χ4v) is 2.64. The third-order valence-electron chi connectivity index (χ3n) is 3.41. The Kier molecular flexibility index (Phi) is 3.79. The van der Waals surface area contributed by atoms with Crippen LogP contribution in [0.25, 0.3) is 0 Å². The Labute approximate surface area is 86.3 Å². The van der Waals surface area contributed by atoms with E-state index in [4.69, 9.17) is 0 Å². The molecule has 1 aliphatic heterocycles. The van der Waals surface area contributed by atoms with Gasteiger partial charge in [-0.1, -0.05) is 0 Å². The number of rotatable bonds is 2. The number of piperidine rings is 1. The van der Waals surface area contributed by atoms with Crippen molar-refractivity contribution in [1.82, 2.24) is 10.6 Å². The molecule has 0 aromatic heterocycles. The molecule has 3 unspecified atom stereocenters. The second-order valence-electron chi connectivity index (χ2n) is 4.73. The van der Waals surface area contributed by atoms with Crippen molar-refractivity contribution in [3.63, 3.8) is 0 Å². The van der Waals surface area contributed by atoms with Crippen molar-refractivity contribution in [3.8, 4) is 0 Å². The zero-order valence-electron chi connectivity index (χ0n) is 8.84. The maximum Gasteiger partial charge on any atom is 0.0555 e. The largest absolute Gasteiger partial charge is 0.393 e. The molecular weight excluding hydrogens is 176 g/mol. The lowest BCUT2D eigenvalue weighted by Gasteiger charge is -2.32. The van der Waals surface area contributed by atoms with Crippen LogP contribution in [-0.4, -0.2) is 36.4 Å². The Morgan fingerprint density at radius 3 is 2.64 bits per heavy atom. The van der Waals surface area contributed by atoms with Gasteiger partial charge in [0.15, 0.2) is 0 Å². The van der Waals surface area contributed by atoms with E-state index in [1.807, 2.05) is 0 Å². The van der Waals surface area contributed by atoms with E-state index in [9.17, 15) is 5.11 Å². The van der Waals surface area contributed by atoms with Crippen molar-refractivity contribution in [2.75, 3.05) is 13.1 Å². The smallest absolute Gasteiger partial charge is 0.0555 e. The molecular formula is C11H22N2O. The molecule has 2 fully saturated rings. The molecule has 2 aliphatic rings. The van der Waals surface area contributed by atoms with Gasteiger partial charge in [-0.2, -0.15) is 0 Å². The molecule has 0 amide bonds. The standard InChI is InChI=1S/C11H22N2O/c14-11-5-1-3-9(7-11)13-10-4-2-6-12-8-10/h9-14H,1-8H2. The van der Waals surface area contributed by atoms with Gasteiger partial charge in [0.1, 0.15) is 0 Å². The molecule has 2 rings (SSSR count). The molecule has 1 saturated carbocycles. The average Bonchev–Trinajstić information content (AvgIpc) is 2.19. The number of aliphatic hydroxyl groups is 1. The normalized spacial score (nSPS) is 39.6. The van der Waals surface area contributed by atoms with E-state index in [1.54, 1.807) is 0 Å². The summed E-state index contributed by atoms with van der Waals surface area (Å²) in [5.41, 5.74) is 0. The highest BCUT2D eigenvalue weighted by atomic mass is 16.3. The maximum absolute atomic E-state index is 9.55. The van der Waals surface area contributed by atoms with Crippen LogP contribution < -0.4 is 10.6 Å². The lowest BCUT2D eigenvalue weighted by molar-refractivity contribution is 0.107. The van der Waals surface area contributed by atoms with Gasteiger partial charge in [0.25, 0.3) is 0 Å². The topological polar surface area (TPSA) is 44.3 Å². The van der Waals surface area contributed by atoms with Gasteiger partial charge in [-0.05, 0) is 45.1 Å². The number of aliphatic hydroxyl groups excluding tert-OH is 1. The monoisotopic (exact) mass is 198 g/mol. The maximum atomic E-state index is 9.55. The molecule has 3 nitrogen and oxygen atoms in total. The molecule has 14 heavy (non-hydrogen) atoms. The summed E-state index contributed by atoms with van der Waals surface area (Å²) in [6.45, 7) is 2.28. The van der Waals surface area contributed by atoms with Crippen molar-refractivity contribution < 1.29 is 5.11 Å². The first-order valence-corrected chi connectivity index (χ1v) is 5.99. The molecule has 0 bridgehead atoms. The van der Waals surface area contributed by atoms with Gasteiger partial charge in [0.2, 0.25) is 0 Å². The van der Waals surface area contributed by atoms with Crippen molar-refractivity contribution in [3.05, 3.63) is 0 Å². The summed E-state index contributed by atoms with van der Waals surface area (Å²) in [5, 5.41) is 16.6. The zero-order valence-corrected chi connectivity index (χ0v) is 8.84.